The van der Waals surface area contributed by atoms with Gasteiger partial charge in [0.1, 0.15) is 5.82 Å². The largest absolute Gasteiger partial charge is 0.320 e. The number of aryl methyl sites for hydroxylation is 2. The average molecular weight is 342 g/mol. The molecule has 0 bridgehead atoms. The predicted octanol–water partition coefficient (Wildman–Crippen LogP) is 2.42. The number of rotatable bonds is 4. The molecule has 2 aromatic heterocycles. The molecule has 1 saturated carbocycles. The number of nitrogens with two attached hydrogens (primary N) is 1. The first-order chi connectivity index (χ1) is 12.1. The number of carbonyl (C=O) groups is 1. The van der Waals surface area contributed by atoms with Crippen LogP contribution in [0.25, 0.3) is 11.3 Å². The second-order valence-electron chi connectivity index (χ2n) is 6.85. The lowest BCUT2D eigenvalue weighted by Crippen LogP contribution is -2.42. The summed E-state index contributed by atoms with van der Waals surface area (Å²) in [5.41, 5.74) is 8.87. The minimum atomic E-state index is -0.469. The van der Waals surface area contributed by atoms with Gasteiger partial charge in [0.15, 0.2) is 0 Å². The Morgan fingerprint density at radius 2 is 2.00 bits per heavy atom. The molecular weight excluding hydrogens is 316 g/mol. The molecule has 3 rings (SSSR count). The van der Waals surface area contributed by atoms with Gasteiger partial charge in [-0.15, -0.1) is 5.10 Å². The van der Waals surface area contributed by atoms with Gasteiger partial charge >= 0.3 is 0 Å². The summed E-state index contributed by atoms with van der Waals surface area (Å²) < 4.78 is 1.71. The van der Waals surface area contributed by atoms with Crippen molar-refractivity contribution < 1.29 is 4.79 Å². The predicted molar refractivity (Wildman–Crippen MR) is 96.8 cm³/mol. The van der Waals surface area contributed by atoms with Gasteiger partial charge in [0, 0.05) is 18.8 Å². The molecular formula is C18H26N6O. The van der Waals surface area contributed by atoms with Gasteiger partial charge in [-0.25, -0.2) is 9.67 Å². The topological polar surface area (TPSA) is 98.7 Å². The maximum Gasteiger partial charge on any atom is 0.242 e. The molecule has 7 heteroatoms. The van der Waals surface area contributed by atoms with Crippen molar-refractivity contribution in [2.75, 3.05) is 5.32 Å². The maximum atomic E-state index is 12.4. The van der Waals surface area contributed by atoms with E-state index in [4.69, 9.17) is 5.73 Å². The van der Waals surface area contributed by atoms with Crippen LogP contribution in [0.1, 0.15) is 44.2 Å². The summed E-state index contributed by atoms with van der Waals surface area (Å²) in [7, 11) is 1.84. The molecule has 134 valence electrons. The van der Waals surface area contributed by atoms with Crippen LogP contribution in [0.4, 0.5) is 5.82 Å². The number of hydrogen-bond donors (Lipinski definition) is 2. The highest BCUT2D eigenvalue weighted by Crippen LogP contribution is 2.25. The Hall–Kier alpha value is -2.28. The molecule has 7 nitrogen and oxygen atoms in total. The first-order valence-corrected chi connectivity index (χ1v) is 8.95. The molecule has 3 N–H and O–H groups in total. The fourth-order valence-electron chi connectivity index (χ4n) is 3.56. The summed E-state index contributed by atoms with van der Waals surface area (Å²) >= 11 is 0. The van der Waals surface area contributed by atoms with Crippen molar-refractivity contribution in [1.29, 1.82) is 0 Å². The Labute approximate surface area is 148 Å². The molecule has 0 radical (unpaired) electrons. The summed E-state index contributed by atoms with van der Waals surface area (Å²) in [6, 6.07) is 3.23. The number of aromatic nitrogens is 4. The van der Waals surface area contributed by atoms with Crippen molar-refractivity contribution in [1.82, 2.24) is 20.0 Å². The van der Waals surface area contributed by atoms with Gasteiger partial charge in [-0.05, 0) is 37.8 Å². The summed E-state index contributed by atoms with van der Waals surface area (Å²) in [5, 5.41) is 10.9. The number of anilines is 1. The molecule has 25 heavy (non-hydrogen) atoms. The fraction of sp³-hybridized carbons (Fsp3) is 0.556. The lowest BCUT2D eigenvalue weighted by molar-refractivity contribution is -0.118. The van der Waals surface area contributed by atoms with E-state index in [0.29, 0.717) is 5.82 Å². The van der Waals surface area contributed by atoms with Gasteiger partial charge in [0.2, 0.25) is 5.91 Å². The van der Waals surface area contributed by atoms with Gasteiger partial charge in [-0.1, -0.05) is 30.9 Å². The second-order valence-corrected chi connectivity index (χ2v) is 6.85. The van der Waals surface area contributed by atoms with Crippen molar-refractivity contribution in [3.05, 3.63) is 24.0 Å². The molecule has 0 unspecified atom stereocenters. The van der Waals surface area contributed by atoms with Crippen LogP contribution in [-0.4, -0.2) is 31.9 Å². The summed E-state index contributed by atoms with van der Waals surface area (Å²) in [6.07, 6.45) is 8.61. The van der Waals surface area contributed by atoms with Gasteiger partial charge in [-0.3, -0.25) is 4.79 Å². The third-order valence-electron chi connectivity index (χ3n) is 4.99. The van der Waals surface area contributed by atoms with Gasteiger partial charge in [-0.2, -0.15) is 0 Å². The number of carbonyl (C=O) groups excluding carboxylic acids is 1. The number of nitrogens with zero attached hydrogens (tertiary/aromatic N) is 4. The number of hydrogen-bond acceptors (Lipinski definition) is 5. The van der Waals surface area contributed by atoms with Crippen molar-refractivity contribution in [3.63, 3.8) is 0 Å². The SMILES string of the molecule is Cc1nnn(C)c1-c1ccc(NC(=O)[C@@H](N)C2CCCCCC2)nc1. The molecule has 2 heterocycles. The van der Waals surface area contributed by atoms with Crippen molar-refractivity contribution in [2.45, 2.75) is 51.5 Å². The van der Waals surface area contributed by atoms with E-state index in [0.717, 1.165) is 42.6 Å². The van der Waals surface area contributed by atoms with E-state index in [-0.39, 0.29) is 11.8 Å². The number of nitrogens with one attached hydrogen (secondary N) is 1. The average Bonchev–Trinajstić information content (AvgIpc) is 2.82. The zero-order valence-electron chi connectivity index (χ0n) is 14.9. The van der Waals surface area contributed by atoms with E-state index in [2.05, 4.69) is 20.6 Å². The third-order valence-corrected chi connectivity index (χ3v) is 4.99. The minimum absolute atomic E-state index is 0.148. The Morgan fingerprint density at radius 3 is 2.56 bits per heavy atom. The maximum absolute atomic E-state index is 12.4. The van der Waals surface area contributed by atoms with E-state index < -0.39 is 6.04 Å². The van der Waals surface area contributed by atoms with Crippen LogP contribution in [0, 0.1) is 12.8 Å². The van der Waals surface area contributed by atoms with Crippen molar-refractivity contribution in [2.24, 2.45) is 18.7 Å². The van der Waals surface area contributed by atoms with E-state index in [1.54, 1.807) is 16.9 Å². The lowest BCUT2D eigenvalue weighted by atomic mass is 9.92. The Kier molecular flexibility index (Phi) is 5.43. The highest BCUT2D eigenvalue weighted by atomic mass is 16.2. The number of amides is 1. The Balaban J connectivity index is 1.65. The molecule has 1 aliphatic carbocycles. The molecule has 0 saturated heterocycles. The van der Waals surface area contributed by atoms with Crippen molar-refractivity contribution in [3.8, 4) is 11.3 Å². The minimum Gasteiger partial charge on any atom is -0.320 e. The summed E-state index contributed by atoms with van der Waals surface area (Å²) in [4.78, 5) is 16.8. The van der Waals surface area contributed by atoms with E-state index in [9.17, 15) is 4.79 Å². The number of pyridine rings is 1. The fourth-order valence-corrected chi connectivity index (χ4v) is 3.56. The molecule has 0 spiro atoms. The van der Waals surface area contributed by atoms with Crippen LogP contribution in [-0.2, 0) is 11.8 Å². The van der Waals surface area contributed by atoms with Crippen LogP contribution in [0.3, 0.4) is 0 Å². The normalized spacial score (nSPS) is 17.1. The van der Waals surface area contributed by atoms with Gasteiger partial charge < -0.3 is 11.1 Å². The quantitative estimate of drug-likeness (QED) is 0.831. The molecule has 2 aromatic rings. The first-order valence-electron chi connectivity index (χ1n) is 8.95. The van der Waals surface area contributed by atoms with Crippen LogP contribution in [0.2, 0.25) is 0 Å². The third kappa shape index (κ3) is 4.04. The Morgan fingerprint density at radius 1 is 1.28 bits per heavy atom. The van der Waals surface area contributed by atoms with Crippen LogP contribution in [0.5, 0.6) is 0 Å². The van der Waals surface area contributed by atoms with E-state index >= 15 is 0 Å². The first kappa shape index (κ1) is 17.5. The molecule has 0 aliphatic heterocycles. The monoisotopic (exact) mass is 342 g/mol. The lowest BCUT2D eigenvalue weighted by Gasteiger charge is -2.21. The highest BCUT2D eigenvalue weighted by Gasteiger charge is 2.25. The van der Waals surface area contributed by atoms with Crippen molar-refractivity contribution >= 4 is 11.7 Å². The molecule has 0 aromatic carbocycles. The molecule has 1 aliphatic rings. The molecule has 1 amide bonds. The van der Waals surface area contributed by atoms with E-state index in [1.807, 2.05) is 20.0 Å². The zero-order valence-corrected chi connectivity index (χ0v) is 14.9. The van der Waals surface area contributed by atoms with Crippen LogP contribution in [0.15, 0.2) is 18.3 Å². The summed E-state index contributed by atoms with van der Waals surface area (Å²) in [5.74, 6) is 0.640. The molecule has 1 atom stereocenters. The van der Waals surface area contributed by atoms with Crippen LogP contribution < -0.4 is 11.1 Å². The molecule has 1 fully saturated rings. The second kappa shape index (κ2) is 7.74. The summed E-state index contributed by atoms with van der Waals surface area (Å²) in [6.45, 7) is 1.91. The van der Waals surface area contributed by atoms with Gasteiger partial charge in [0.25, 0.3) is 0 Å². The van der Waals surface area contributed by atoms with E-state index in [1.165, 1.54) is 12.8 Å². The highest BCUT2D eigenvalue weighted by molar-refractivity contribution is 5.94. The zero-order chi connectivity index (χ0) is 17.8. The standard InChI is InChI=1S/C18H26N6O/c1-12-17(24(2)23-22-12)14-9-10-15(20-11-14)21-18(25)16(19)13-7-5-3-4-6-8-13/h9-11,13,16H,3-8,19H2,1-2H3,(H,20,21,25)/t16-/m0/s1. The smallest absolute Gasteiger partial charge is 0.242 e. The van der Waals surface area contributed by atoms with Crippen LogP contribution >= 0.6 is 0 Å². The van der Waals surface area contributed by atoms with Gasteiger partial charge in [0.05, 0.1) is 17.4 Å². The Bertz CT molecular complexity index is 696.